The molecule has 2 aliphatic heterocycles. The fourth-order valence-corrected chi connectivity index (χ4v) is 4.80. The third-order valence-corrected chi connectivity index (χ3v) is 6.33. The first-order valence-electron chi connectivity index (χ1n) is 10.9. The Balaban J connectivity index is 1.29. The van der Waals surface area contributed by atoms with E-state index in [-0.39, 0.29) is 23.7 Å². The first-order valence-corrected chi connectivity index (χ1v) is 10.9. The lowest BCUT2D eigenvalue weighted by molar-refractivity contribution is 0.0674. The first-order chi connectivity index (χ1) is 15.6. The molecule has 1 unspecified atom stereocenters. The Bertz CT molecular complexity index is 1420. The summed E-state index contributed by atoms with van der Waals surface area (Å²) in [5, 5.41) is 8.03. The minimum Gasteiger partial charge on any atom is -0.488 e. The van der Waals surface area contributed by atoms with E-state index in [1.807, 2.05) is 25.3 Å². The molecule has 2 aliphatic rings. The Morgan fingerprint density at radius 3 is 3.09 bits per heavy atom. The lowest BCUT2D eigenvalue weighted by Gasteiger charge is -2.33. The molecule has 32 heavy (non-hydrogen) atoms. The second kappa shape index (κ2) is 7.11. The number of imidazole rings is 1. The van der Waals surface area contributed by atoms with Gasteiger partial charge in [-0.05, 0) is 31.9 Å². The molecule has 3 N–H and O–H groups in total. The minimum absolute atomic E-state index is 0.130. The number of likely N-dealkylation sites (tertiary alicyclic amines) is 1. The second-order valence-electron chi connectivity index (χ2n) is 8.51. The largest absolute Gasteiger partial charge is 0.488 e. The molecule has 4 aromatic rings. The molecule has 10 nitrogen and oxygen atoms in total. The highest BCUT2D eigenvalue weighted by atomic mass is 16.5. The number of carbonyl (C=O) groups is 1. The van der Waals surface area contributed by atoms with Gasteiger partial charge in [0.2, 0.25) is 0 Å². The van der Waals surface area contributed by atoms with E-state index < -0.39 is 0 Å². The number of hydrogen-bond acceptors (Lipinski definition) is 5. The van der Waals surface area contributed by atoms with Gasteiger partial charge in [-0.3, -0.25) is 14.5 Å². The number of pyridine rings is 1. The molecule has 6 rings (SSSR count). The number of aromatic amines is 3. The molecular formula is C22H23N7O3. The molecule has 0 spiro atoms. The van der Waals surface area contributed by atoms with Crippen LogP contribution in [-0.2, 0) is 4.74 Å². The highest BCUT2D eigenvalue weighted by molar-refractivity contribution is 6.01. The van der Waals surface area contributed by atoms with Crippen LogP contribution in [0.1, 0.15) is 48.4 Å². The zero-order valence-electron chi connectivity index (χ0n) is 17.6. The maximum atomic E-state index is 13.2. The highest BCUT2D eigenvalue weighted by Gasteiger charge is 2.30. The number of H-pyrrole nitrogens is 3. The number of hydrogen-bond donors (Lipinski definition) is 3. The van der Waals surface area contributed by atoms with Crippen molar-refractivity contribution < 1.29 is 9.53 Å². The number of nitrogens with zero attached hydrogens (tertiary/aromatic N) is 4. The zero-order valence-corrected chi connectivity index (χ0v) is 17.6. The molecule has 0 radical (unpaired) electrons. The number of fused-ring (bicyclic) bond motifs is 3. The molecule has 1 amide bonds. The molecule has 164 valence electrons. The van der Waals surface area contributed by atoms with Gasteiger partial charge in [-0.15, -0.1) is 0 Å². The lowest BCUT2D eigenvalue weighted by atomic mass is 10.0. The summed E-state index contributed by atoms with van der Waals surface area (Å²) in [6.07, 6.45) is 8.08. The Morgan fingerprint density at radius 1 is 1.34 bits per heavy atom. The lowest BCUT2D eigenvalue weighted by Crippen LogP contribution is -2.42. The van der Waals surface area contributed by atoms with Gasteiger partial charge in [0.25, 0.3) is 5.91 Å². The Kier molecular flexibility index (Phi) is 4.20. The molecular weight excluding hydrogens is 410 g/mol. The quantitative estimate of drug-likeness (QED) is 0.458. The van der Waals surface area contributed by atoms with Gasteiger partial charge in [0.1, 0.15) is 17.1 Å². The average Bonchev–Trinajstić information content (AvgIpc) is 3.58. The normalized spacial score (nSPS) is 21.3. The van der Waals surface area contributed by atoms with Gasteiger partial charge >= 0.3 is 5.69 Å². The van der Waals surface area contributed by atoms with E-state index in [2.05, 4.69) is 25.1 Å². The van der Waals surface area contributed by atoms with Crippen molar-refractivity contribution >= 4 is 33.7 Å². The van der Waals surface area contributed by atoms with Crippen LogP contribution in [0.4, 0.5) is 0 Å². The molecule has 0 bridgehead atoms. The molecule has 0 aliphatic carbocycles. The topological polar surface area (TPSA) is 125 Å². The van der Waals surface area contributed by atoms with Crippen molar-refractivity contribution in [3.63, 3.8) is 0 Å². The van der Waals surface area contributed by atoms with Crippen molar-refractivity contribution in [2.45, 2.75) is 38.3 Å². The van der Waals surface area contributed by atoms with E-state index in [0.29, 0.717) is 30.0 Å². The Labute approximate surface area is 182 Å². The van der Waals surface area contributed by atoms with Crippen molar-refractivity contribution in [1.82, 2.24) is 34.6 Å². The number of nitrogens with one attached hydrogen (secondary N) is 3. The smallest absolute Gasteiger partial charge is 0.326 e. The van der Waals surface area contributed by atoms with Crippen LogP contribution in [0, 0.1) is 0 Å². The van der Waals surface area contributed by atoms with Gasteiger partial charge in [0, 0.05) is 37.2 Å². The monoisotopic (exact) mass is 433 g/mol. The Hall–Kier alpha value is -3.82. The predicted octanol–water partition coefficient (Wildman–Crippen LogP) is 2.56. The summed E-state index contributed by atoms with van der Waals surface area (Å²) in [5.41, 5.74) is 3.13. The van der Waals surface area contributed by atoms with E-state index >= 15 is 0 Å². The molecule has 0 saturated carbocycles. The third kappa shape index (κ3) is 2.94. The summed E-state index contributed by atoms with van der Waals surface area (Å²) < 4.78 is 7.53. The minimum atomic E-state index is -0.184. The van der Waals surface area contributed by atoms with Crippen LogP contribution in [0.5, 0.6) is 0 Å². The number of amides is 1. The average molecular weight is 433 g/mol. The molecule has 1 saturated heterocycles. The zero-order chi connectivity index (χ0) is 21.8. The van der Waals surface area contributed by atoms with Crippen LogP contribution >= 0.6 is 0 Å². The summed E-state index contributed by atoms with van der Waals surface area (Å²) in [6.45, 7) is 3.08. The maximum Gasteiger partial charge on any atom is 0.326 e. The summed E-state index contributed by atoms with van der Waals surface area (Å²) in [6, 6.07) is 3.53. The molecule has 0 aromatic carbocycles. The van der Waals surface area contributed by atoms with Crippen LogP contribution in [0.25, 0.3) is 27.8 Å². The van der Waals surface area contributed by atoms with Crippen LogP contribution in [0.2, 0.25) is 0 Å². The molecule has 6 heterocycles. The molecule has 2 atom stereocenters. The van der Waals surface area contributed by atoms with Crippen molar-refractivity contribution in [3.8, 4) is 0 Å². The number of aromatic nitrogens is 6. The number of carbonyl (C=O) groups excluding carboxylic acids is 1. The SMILES string of the molecule is CC1CC=C(c2cc(C(=O)N3CCC[C@@H](n4c(=O)[nH]c5cnc6[nH]ccc6c54)C3)n[nH]2)O1. The molecule has 1 fully saturated rings. The number of rotatable bonds is 3. The summed E-state index contributed by atoms with van der Waals surface area (Å²) in [4.78, 5) is 38.2. The van der Waals surface area contributed by atoms with Crippen molar-refractivity contribution in [1.29, 1.82) is 0 Å². The van der Waals surface area contributed by atoms with Crippen LogP contribution in [0.3, 0.4) is 0 Å². The fourth-order valence-electron chi connectivity index (χ4n) is 4.80. The van der Waals surface area contributed by atoms with Crippen molar-refractivity contribution in [2.75, 3.05) is 13.1 Å². The van der Waals surface area contributed by atoms with Gasteiger partial charge in [0.15, 0.2) is 5.69 Å². The molecule has 4 aromatic heterocycles. The highest BCUT2D eigenvalue weighted by Crippen LogP contribution is 2.29. The van der Waals surface area contributed by atoms with Crippen LogP contribution in [0.15, 0.2) is 35.4 Å². The number of ether oxygens (including phenoxy) is 1. The van der Waals surface area contributed by atoms with Gasteiger partial charge in [0.05, 0.1) is 29.4 Å². The van der Waals surface area contributed by atoms with E-state index in [4.69, 9.17) is 4.74 Å². The summed E-state index contributed by atoms with van der Waals surface area (Å²) in [7, 11) is 0. The van der Waals surface area contributed by atoms with Crippen LogP contribution in [-0.4, -0.2) is 59.7 Å². The van der Waals surface area contributed by atoms with Gasteiger partial charge in [-0.25, -0.2) is 9.78 Å². The first kappa shape index (κ1) is 18.9. The van der Waals surface area contributed by atoms with Crippen molar-refractivity contribution in [2.24, 2.45) is 0 Å². The molecule has 10 heteroatoms. The van der Waals surface area contributed by atoms with Gasteiger partial charge < -0.3 is 19.6 Å². The van der Waals surface area contributed by atoms with E-state index in [9.17, 15) is 9.59 Å². The summed E-state index contributed by atoms with van der Waals surface area (Å²) in [5.74, 6) is 0.584. The third-order valence-electron chi connectivity index (χ3n) is 6.33. The van der Waals surface area contributed by atoms with E-state index in [1.54, 1.807) is 21.7 Å². The van der Waals surface area contributed by atoms with Crippen molar-refractivity contribution in [3.05, 3.63) is 52.5 Å². The standard InChI is InChI=1S/C22H23N7O3/c1-12-4-5-18(32-12)15-9-16(27-26-15)21(30)28-8-2-3-13(11-28)29-19-14-6-7-23-20(14)24-10-17(19)25-22(29)31/h5-7,9-10,12-13H,2-4,8,11H2,1H3,(H,23,24)(H,25,31)(H,26,27)/t12?,13-/m1/s1. The van der Waals surface area contributed by atoms with Crippen LogP contribution < -0.4 is 5.69 Å². The predicted molar refractivity (Wildman–Crippen MR) is 118 cm³/mol. The van der Waals surface area contributed by atoms with E-state index in [0.717, 1.165) is 41.6 Å². The van der Waals surface area contributed by atoms with E-state index in [1.165, 1.54) is 0 Å². The fraction of sp³-hybridized carbons (Fsp3) is 0.364. The summed E-state index contributed by atoms with van der Waals surface area (Å²) >= 11 is 0. The maximum absolute atomic E-state index is 13.2. The Morgan fingerprint density at radius 2 is 2.25 bits per heavy atom. The number of piperidine rings is 1. The van der Waals surface area contributed by atoms with Gasteiger partial charge in [-0.2, -0.15) is 5.10 Å². The van der Waals surface area contributed by atoms with Gasteiger partial charge in [-0.1, -0.05) is 0 Å². The second-order valence-corrected chi connectivity index (χ2v) is 8.51.